The van der Waals surface area contributed by atoms with Crippen LogP contribution in [0.25, 0.3) is 34.4 Å². The van der Waals surface area contributed by atoms with Crippen LogP contribution in [-0.4, -0.2) is 5.98 Å². The molecule has 0 saturated heterocycles. The SMILES string of the molecule is CC1=Cc2c(-c3ccccc3C)cccc2[CH]1[Hf]([Cl])([Cl])([CH]1C(C)=Cc2c(-c3ccccc3C)cccc21)[SiH](C)C. The first-order valence-electron chi connectivity index (χ1n) is 14.4. The molecule has 0 fully saturated rings. The zero-order chi connectivity index (χ0) is 28.4. The first kappa shape index (κ1) is 28.2. The van der Waals surface area contributed by atoms with E-state index in [9.17, 15) is 0 Å². The summed E-state index contributed by atoms with van der Waals surface area (Å²) in [5, 5.41) is 0. The van der Waals surface area contributed by atoms with Gasteiger partial charge in [0.05, 0.1) is 0 Å². The first-order valence-corrected chi connectivity index (χ1v) is 36.5. The number of aryl methyl sites for hydroxylation is 2. The van der Waals surface area contributed by atoms with Gasteiger partial charge in [0.15, 0.2) is 0 Å². The van der Waals surface area contributed by atoms with Crippen LogP contribution in [0.4, 0.5) is 0 Å². The molecule has 0 radical (unpaired) electrons. The summed E-state index contributed by atoms with van der Waals surface area (Å²) in [6.07, 6.45) is 4.80. The van der Waals surface area contributed by atoms with Crippen molar-refractivity contribution in [3.8, 4) is 22.3 Å². The molecule has 6 rings (SSSR count). The monoisotopic (exact) mass is 747 g/mol. The average molecular weight is 747 g/mol. The van der Waals surface area contributed by atoms with E-state index in [0.717, 1.165) is 0 Å². The maximum atomic E-state index is 8.41. The van der Waals surface area contributed by atoms with Crippen molar-refractivity contribution >= 4 is 35.3 Å². The van der Waals surface area contributed by atoms with Crippen molar-refractivity contribution in [2.45, 2.75) is 48.1 Å². The summed E-state index contributed by atoms with van der Waals surface area (Å²) in [5.74, 6) is -1.55. The Kier molecular flexibility index (Phi) is 7.10. The first-order chi connectivity index (χ1) is 19.0. The fourth-order valence-corrected chi connectivity index (χ4v) is 54.2. The fourth-order valence-electron chi connectivity index (χ4n) is 7.62. The third kappa shape index (κ3) is 4.08. The molecule has 2 aliphatic carbocycles. The molecule has 203 valence electrons. The van der Waals surface area contributed by atoms with Crippen LogP contribution in [0.2, 0.25) is 13.1 Å². The van der Waals surface area contributed by atoms with E-state index in [0.29, 0.717) is 0 Å². The van der Waals surface area contributed by atoms with Gasteiger partial charge in [0, 0.05) is 0 Å². The quantitative estimate of drug-likeness (QED) is 0.178. The summed E-state index contributed by atoms with van der Waals surface area (Å²) in [6, 6.07) is 30.9. The summed E-state index contributed by atoms with van der Waals surface area (Å²) in [6.45, 7) is 13.8. The van der Waals surface area contributed by atoms with Crippen LogP contribution in [-0.2, 0) is 15.3 Å². The average Bonchev–Trinajstić information content (AvgIpc) is 3.46. The molecule has 0 N–H and O–H groups in total. The minimum atomic E-state index is -4.82. The van der Waals surface area contributed by atoms with Crippen LogP contribution in [0.5, 0.6) is 0 Å². The van der Waals surface area contributed by atoms with E-state index >= 15 is 0 Å². The van der Waals surface area contributed by atoms with Gasteiger partial charge in [0.1, 0.15) is 0 Å². The molecule has 0 spiro atoms. The van der Waals surface area contributed by atoms with Crippen LogP contribution in [0, 0.1) is 13.8 Å². The van der Waals surface area contributed by atoms with E-state index in [1.165, 1.54) is 66.8 Å². The molecule has 0 saturated carbocycles. The van der Waals surface area contributed by atoms with Gasteiger partial charge in [-0.15, -0.1) is 0 Å². The van der Waals surface area contributed by atoms with Gasteiger partial charge in [-0.3, -0.25) is 0 Å². The number of benzene rings is 4. The Hall–Kier alpha value is -1.97. The Bertz CT molecular complexity index is 1610. The van der Waals surface area contributed by atoms with Gasteiger partial charge in [-0.25, -0.2) is 0 Å². The van der Waals surface area contributed by atoms with E-state index in [2.05, 4.69) is 138 Å². The number of halogens is 2. The van der Waals surface area contributed by atoms with Crippen LogP contribution in [0.15, 0.2) is 96.1 Å². The number of allylic oxidation sites excluding steroid dienone is 2. The topological polar surface area (TPSA) is 0 Å². The number of rotatable bonds is 5. The second kappa shape index (κ2) is 10.1. The van der Waals surface area contributed by atoms with Gasteiger partial charge in [0.25, 0.3) is 0 Å². The molecule has 0 bridgehead atoms. The third-order valence-electron chi connectivity index (χ3n) is 9.63. The van der Waals surface area contributed by atoms with Gasteiger partial charge in [-0.1, -0.05) is 0 Å². The summed E-state index contributed by atoms with van der Waals surface area (Å²) in [7, 11) is 16.8. The van der Waals surface area contributed by atoms with Crippen LogP contribution in [0.1, 0.15) is 54.6 Å². The Balaban J connectivity index is 1.56. The minimum absolute atomic E-state index is 0.118. The van der Waals surface area contributed by atoms with Gasteiger partial charge < -0.3 is 0 Å². The Morgan fingerprint density at radius 3 is 1.27 bits per heavy atom. The van der Waals surface area contributed by atoms with Crippen molar-refractivity contribution in [1.82, 2.24) is 0 Å². The zero-order valence-corrected chi connectivity index (χ0v) is 30.5. The molecule has 4 heteroatoms. The molecular weight excluding hydrogens is 710 g/mol. The maximum absolute atomic E-state index is 8.41. The standard InChI is InChI=1S/2C17H15.C2H7Si.2ClH.Hf/c2*1-12-10-14-7-5-9-16(17(14)11-12)15-8-4-3-6-13(15)2;1-3-2;;;/h2*3-11H,1-2H3;3H,1-2H3;2*1H;/q;;;;;+2/p-2. The van der Waals surface area contributed by atoms with Gasteiger partial charge in [0.2, 0.25) is 0 Å². The molecular formula is C36H37Cl2HfSi. The Morgan fingerprint density at radius 2 is 0.900 bits per heavy atom. The molecule has 0 amide bonds. The second-order valence-corrected chi connectivity index (χ2v) is 71.6. The van der Waals surface area contributed by atoms with E-state index < -0.39 is 21.3 Å². The molecule has 0 heterocycles. The van der Waals surface area contributed by atoms with Crippen LogP contribution < -0.4 is 0 Å². The van der Waals surface area contributed by atoms with Crippen LogP contribution >= 0.6 is 17.2 Å². The van der Waals surface area contributed by atoms with Gasteiger partial charge in [-0.05, 0) is 0 Å². The summed E-state index contributed by atoms with van der Waals surface area (Å²) in [5.41, 5.74) is 15.7. The van der Waals surface area contributed by atoms with E-state index in [1.54, 1.807) is 0 Å². The normalized spacial score (nSPS) is 19.1. The van der Waals surface area contributed by atoms with Crippen molar-refractivity contribution in [3.05, 3.63) is 129 Å². The zero-order valence-electron chi connectivity index (χ0n) is 24.2. The summed E-state index contributed by atoms with van der Waals surface area (Å²) < 4.78 is 0.236. The number of hydrogen-bond acceptors (Lipinski definition) is 0. The number of fused-ring (bicyclic) bond motifs is 2. The molecule has 2 atom stereocenters. The Morgan fingerprint density at radius 1 is 0.525 bits per heavy atom. The predicted molar refractivity (Wildman–Crippen MR) is 177 cm³/mol. The molecule has 0 aromatic heterocycles. The molecule has 4 aromatic carbocycles. The van der Waals surface area contributed by atoms with Gasteiger partial charge >= 0.3 is 250 Å². The fraction of sp³-hybridized carbons (Fsp3) is 0.222. The third-order valence-corrected chi connectivity index (χ3v) is 83.1. The molecule has 4 aromatic rings. The molecule has 2 aliphatic rings. The predicted octanol–water partition coefficient (Wildman–Crippen LogP) is 11.2. The Labute approximate surface area is 248 Å². The van der Waals surface area contributed by atoms with E-state index in [1.807, 2.05) is 0 Å². The van der Waals surface area contributed by atoms with Gasteiger partial charge in [-0.2, -0.15) is 0 Å². The van der Waals surface area contributed by atoms with Crippen molar-refractivity contribution in [1.29, 1.82) is 0 Å². The molecule has 0 aliphatic heterocycles. The van der Waals surface area contributed by atoms with E-state index in [-0.39, 0.29) is 7.35 Å². The molecule has 0 nitrogen and oxygen atoms in total. The second-order valence-electron chi connectivity index (χ2n) is 12.3. The molecule has 40 heavy (non-hydrogen) atoms. The summed E-state index contributed by atoms with van der Waals surface area (Å²) in [4.78, 5) is 0. The van der Waals surface area contributed by atoms with Crippen molar-refractivity contribution in [2.24, 2.45) is 0 Å². The van der Waals surface area contributed by atoms with Crippen molar-refractivity contribution < 1.29 is 15.3 Å². The van der Waals surface area contributed by atoms with E-state index in [4.69, 9.17) is 17.2 Å². The molecule has 2 unspecified atom stereocenters. The number of hydrogen-bond donors (Lipinski definition) is 0. The summed E-state index contributed by atoms with van der Waals surface area (Å²) >= 11 is -4.82. The van der Waals surface area contributed by atoms with Crippen molar-refractivity contribution in [2.75, 3.05) is 0 Å². The van der Waals surface area contributed by atoms with Crippen LogP contribution in [0.3, 0.4) is 0 Å². The van der Waals surface area contributed by atoms with Crippen molar-refractivity contribution in [3.63, 3.8) is 0 Å².